The van der Waals surface area contributed by atoms with Gasteiger partial charge in [0.1, 0.15) is 11.5 Å². The van der Waals surface area contributed by atoms with Gasteiger partial charge in [0.05, 0.1) is 17.1 Å². The molecular weight excluding hydrogens is 496 g/mol. The predicted molar refractivity (Wildman–Crippen MR) is 163 cm³/mol. The molecule has 1 saturated carbocycles. The minimum Gasteiger partial charge on any atom is -0.457 e. The van der Waals surface area contributed by atoms with Gasteiger partial charge in [-0.3, -0.25) is 4.79 Å². The molecule has 210 valence electrons. The molecule has 5 rings (SSSR count). The monoisotopic (exact) mass is 538 g/mol. The van der Waals surface area contributed by atoms with Gasteiger partial charge in [-0.2, -0.15) is 0 Å². The van der Waals surface area contributed by atoms with E-state index in [0.717, 1.165) is 65.8 Å². The number of nitrogens with two attached hydrogens (primary N) is 1. The first-order chi connectivity index (χ1) is 19.5. The van der Waals surface area contributed by atoms with Gasteiger partial charge in [0.15, 0.2) is 0 Å². The lowest BCUT2D eigenvalue weighted by molar-refractivity contribution is 0.0719. The highest BCUT2D eigenvalue weighted by Crippen LogP contribution is 2.41. The SMILES string of the molecule is CCCC(CC)N(C)C(=O)c1cccc(C(C2CCCCC2)n2c(N)nc3ccc(Oc4ccccc4)cc32)c1. The molecule has 0 bridgehead atoms. The fraction of sp³-hybridized carbons (Fsp3) is 0.412. The van der Waals surface area contributed by atoms with Crippen LogP contribution in [0.3, 0.4) is 0 Å². The van der Waals surface area contributed by atoms with E-state index in [1.807, 2.05) is 72.6 Å². The second-order valence-electron chi connectivity index (χ2n) is 11.1. The zero-order valence-electron chi connectivity index (χ0n) is 24.1. The van der Waals surface area contributed by atoms with Crippen LogP contribution in [0.5, 0.6) is 11.5 Å². The van der Waals surface area contributed by atoms with Gasteiger partial charge in [-0.05, 0) is 73.6 Å². The zero-order chi connectivity index (χ0) is 28.1. The van der Waals surface area contributed by atoms with Crippen LogP contribution in [-0.2, 0) is 0 Å². The van der Waals surface area contributed by atoms with Crippen molar-refractivity contribution in [3.05, 3.63) is 83.9 Å². The summed E-state index contributed by atoms with van der Waals surface area (Å²) in [5.41, 5.74) is 10.3. The first-order valence-corrected chi connectivity index (χ1v) is 14.9. The van der Waals surface area contributed by atoms with Crippen LogP contribution in [0, 0.1) is 5.92 Å². The topological polar surface area (TPSA) is 73.4 Å². The van der Waals surface area contributed by atoms with Crippen molar-refractivity contribution < 1.29 is 9.53 Å². The van der Waals surface area contributed by atoms with Gasteiger partial charge >= 0.3 is 0 Å². The van der Waals surface area contributed by atoms with Crippen LogP contribution in [0.4, 0.5) is 5.95 Å². The van der Waals surface area contributed by atoms with E-state index >= 15 is 0 Å². The molecule has 1 aliphatic rings. The molecular formula is C34H42N4O2. The molecule has 0 spiro atoms. The number of rotatable bonds is 10. The van der Waals surface area contributed by atoms with Crippen molar-refractivity contribution in [1.29, 1.82) is 0 Å². The van der Waals surface area contributed by atoms with Crippen molar-refractivity contribution in [2.45, 2.75) is 77.3 Å². The van der Waals surface area contributed by atoms with Crippen molar-refractivity contribution in [2.24, 2.45) is 5.92 Å². The number of carbonyl (C=O) groups excluding carboxylic acids is 1. The summed E-state index contributed by atoms with van der Waals surface area (Å²) in [6.07, 6.45) is 8.92. The maximum absolute atomic E-state index is 13.6. The van der Waals surface area contributed by atoms with Gasteiger partial charge in [0.2, 0.25) is 5.95 Å². The summed E-state index contributed by atoms with van der Waals surface area (Å²) >= 11 is 0. The maximum Gasteiger partial charge on any atom is 0.253 e. The average Bonchev–Trinajstić information content (AvgIpc) is 3.31. The molecule has 1 heterocycles. The number of amides is 1. The minimum absolute atomic E-state index is 0.0204. The van der Waals surface area contributed by atoms with Crippen LogP contribution in [-0.4, -0.2) is 33.4 Å². The molecule has 2 unspecified atom stereocenters. The summed E-state index contributed by atoms with van der Waals surface area (Å²) in [4.78, 5) is 20.3. The molecule has 1 aliphatic carbocycles. The maximum atomic E-state index is 13.6. The molecule has 40 heavy (non-hydrogen) atoms. The van der Waals surface area contributed by atoms with Gasteiger partial charge in [-0.1, -0.05) is 69.9 Å². The van der Waals surface area contributed by atoms with Crippen molar-refractivity contribution in [3.63, 3.8) is 0 Å². The summed E-state index contributed by atoms with van der Waals surface area (Å²) < 4.78 is 8.36. The molecule has 4 aromatic rings. The number of carbonyl (C=O) groups is 1. The van der Waals surface area contributed by atoms with Gasteiger partial charge in [-0.15, -0.1) is 0 Å². The molecule has 6 heteroatoms. The predicted octanol–water partition coefficient (Wildman–Crippen LogP) is 8.23. The molecule has 2 N–H and O–H groups in total. The van der Waals surface area contributed by atoms with E-state index in [2.05, 4.69) is 30.5 Å². The molecule has 1 fully saturated rings. The van der Waals surface area contributed by atoms with E-state index in [-0.39, 0.29) is 18.0 Å². The largest absolute Gasteiger partial charge is 0.457 e. The highest BCUT2D eigenvalue weighted by atomic mass is 16.5. The molecule has 0 aliphatic heterocycles. The molecule has 3 aromatic carbocycles. The smallest absolute Gasteiger partial charge is 0.253 e. The number of nitrogen functional groups attached to an aromatic ring is 1. The third-order valence-electron chi connectivity index (χ3n) is 8.48. The Balaban J connectivity index is 1.56. The van der Waals surface area contributed by atoms with Gasteiger partial charge in [0, 0.05) is 24.7 Å². The number of nitrogens with zero attached hydrogens (tertiary/aromatic N) is 3. The Bertz CT molecular complexity index is 1420. The van der Waals surface area contributed by atoms with Crippen molar-refractivity contribution in [2.75, 3.05) is 12.8 Å². The van der Waals surface area contributed by atoms with Crippen LogP contribution in [0.2, 0.25) is 0 Å². The molecule has 2 atom stereocenters. The quantitative estimate of drug-likeness (QED) is 0.221. The van der Waals surface area contributed by atoms with E-state index in [1.54, 1.807) is 0 Å². The summed E-state index contributed by atoms with van der Waals surface area (Å²) in [7, 11) is 1.94. The second-order valence-corrected chi connectivity index (χ2v) is 11.1. The van der Waals surface area contributed by atoms with Crippen LogP contribution < -0.4 is 10.5 Å². The Morgan fingerprint density at radius 1 is 1.00 bits per heavy atom. The number of aromatic nitrogens is 2. The van der Waals surface area contributed by atoms with Crippen LogP contribution in [0.1, 0.15) is 87.2 Å². The molecule has 0 radical (unpaired) electrons. The number of hydrogen-bond donors (Lipinski definition) is 1. The average molecular weight is 539 g/mol. The first-order valence-electron chi connectivity index (χ1n) is 14.9. The van der Waals surface area contributed by atoms with E-state index < -0.39 is 0 Å². The van der Waals surface area contributed by atoms with E-state index in [1.165, 1.54) is 19.3 Å². The Morgan fingerprint density at radius 2 is 1.77 bits per heavy atom. The van der Waals surface area contributed by atoms with Crippen LogP contribution in [0.15, 0.2) is 72.8 Å². The fourth-order valence-corrected chi connectivity index (χ4v) is 6.38. The van der Waals surface area contributed by atoms with Crippen LogP contribution >= 0.6 is 0 Å². The molecule has 1 aromatic heterocycles. The molecule has 1 amide bonds. The Kier molecular flexibility index (Phi) is 8.73. The summed E-state index contributed by atoms with van der Waals surface area (Å²) in [6, 6.07) is 24.2. The standard InChI is InChI=1S/C34H42N4O2/c1-4-13-27(5-2)37(3)33(39)26-17-12-16-25(22-26)32(24-14-8-6-9-15-24)38-31-23-29(20-21-30(31)36-34(38)35)40-28-18-10-7-11-19-28/h7,10-12,16-24,27,32H,4-6,8-9,13-15H2,1-3H3,(H2,35,36). The normalized spacial score (nSPS) is 15.6. The third kappa shape index (κ3) is 5.86. The highest BCUT2D eigenvalue weighted by molar-refractivity contribution is 5.94. The lowest BCUT2D eigenvalue weighted by Gasteiger charge is -2.33. The van der Waals surface area contributed by atoms with Crippen molar-refractivity contribution in [1.82, 2.24) is 14.5 Å². The van der Waals surface area contributed by atoms with E-state index in [9.17, 15) is 4.79 Å². The number of ether oxygens (including phenoxy) is 1. The molecule has 6 nitrogen and oxygen atoms in total. The summed E-state index contributed by atoms with van der Waals surface area (Å²) in [5, 5.41) is 0. The summed E-state index contributed by atoms with van der Waals surface area (Å²) in [6.45, 7) is 4.33. The number of imidazole rings is 1. The number of hydrogen-bond acceptors (Lipinski definition) is 4. The van der Waals surface area contributed by atoms with Crippen molar-refractivity contribution >= 4 is 22.9 Å². The summed E-state index contributed by atoms with van der Waals surface area (Å²) in [5.74, 6) is 2.50. The number of benzene rings is 3. The van der Waals surface area contributed by atoms with E-state index in [4.69, 9.17) is 15.5 Å². The number of para-hydroxylation sites is 1. The fourth-order valence-electron chi connectivity index (χ4n) is 6.38. The Hall–Kier alpha value is -3.80. The second kappa shape index (κ2) is 12.6. The van der Waals surface area contributed by atoms with Crippen LogP contribution in [0.25, 0.3) is 11.0 Å². The Labute approximate surface area is 238 Å². The van der Waals surface area contributed by atoms with Gasteiger partial charge in [0.25, 0.3) is 5.91 Å². The third-order valence-corrected chi connectivity index (χ3v) is 8.48. The van der Waals surface area contributed by atoms with Gasteiger partial charge in [-0.25, -0.2) is 4.98 Å². The Morgan fingerprint density at radius 3 is 2.50 bits per heavy atom. The lowest BCUT2D eigenvalue weighted by Crippen LogP contribution is -2.36. The zero-order valence-corrected chi connectivity index (χ0v) is 24.1. The lowest BCUT2D eigenvalue weighted by atomic mass is 9.80. The van der Waals surface area contributed by atoms with E-state index in [0.29, 0.717) is 11.9 Å². The molecule has 0 saturated heterocycles. The number of fused-ring (bicyclic) bond motifs is 1. The number of anilines is 1. The van der Waals surface area contributed by atoms with Crippen molar-refractivity contribution in [3.8, 4) is 11.5 Å². The first kappa shape index (κ1) is 27.8. The minimum atomic E-state index is -0.0204. The highest BCUT2D eigenvalue weighted by Gasteiger charge is 2.30. The van der Waals surface area contributed by atoms with Gasteiger partial charge < -0.3 is 19.9 Å².